The maximum Gasteiger partial charge on any atom is 0.389 e. The van der Waals surface area contributed by atoms with Crippen LogP contribution in [0.15, 0.2) is 5.16 Å². The Kier molecular flexibility index (Phi) is 5.64. The topological polar surface area (TPSA) is 87.7 Å². The fourth-order valence-electron chi connectivity index (χ4n) is 2.51. The van der Waals surface area contributed by atoms with Gasteiger partial charge in [0.2, 0.25) is 5.91 Å². The molecule has 0 unspecified atom stereocenters. The van der Waals surface area contributed by atoms with E-state index in [1.807, 2.05) is 0 Å². The van der Waals surface area contributed by atoms with E-state index in [2.05, 4.69) is 10.5 Å². The molecule has 1 rings (SSSR count). The summed E-state index contributed by atoms with van der Waals surface area (Å²) < 4.78 is 36.0. The van der Waals surface area contributed by atoms with Gasteiger partial charge >= 0.3 is 6.18 Å². The van der Waals surface area contributed by atoms with Gasteiger partial charge in [-0.2, -0.15) is 13.2 Å². The van der Waals surface area contributed by atoms with Gasteiger partial charge in [-0.15, -0.1) is 0 Å². The number of rotatable bonds is 5. The Morgan fingerprint density at radius 2 is 1.90 bits per heavy atom. The van der Waals surface area contributed by atoms with E-state index in [9.17, 15) is 18.0 Å². The average molecular weight is 295 g/mol. The number of oxime groups is 1. The van der Waals surface area contributed by atoms with Gasteiger partial charge in [0.1, 0.15) is 5.41 Å². The predicted molar refractivity (Wildman–Crippen MR) is 67.2 cm³/mol. The number of amidine groups is 1. The summed E-state index contributed by atoms with van der Waals surface area (Å²) >= 11 is 0. The Bertz CT molecular complexity index is 363. The minimum atomic E-state index is -4.22. The summed E-state index contributed by atoms with van der Waals surface area (Å²) in [5, 5.41) is 14.2. The summed E-state index contributed by atoms with van der Waals surface area (Å²) in [6, 6.07) is 0. The Morgan fingerprint density at radius 3 is 2.40 bits per heavy atom. The van der Waals surface area contributed by atoms with Crippen molar-refractivity contribution in [1.29, 1.82) is 0 Å². The first-order chi connectivity index (χ1) is 9.32. The van der Waals surface area contributed by atoms with Crippen LogP contribution in [0.5, 0.6) is 0 Å². The fourth-order valence-corrected chi connectivity index (χ4v) is 2.51. The van der Waals surface area contributed by atoms with Gasteiger partial charge in [-0.3, -0.25) is 4.79 Å². The number of nitrogens with two attached hydrogens (primary N) is 1. The second kappa shape index (κ2) is 6.81. The van der Waals surface area contributed by atoms with Gasteiger partial charge in [0.15, 0.2) is 5.84 Å². The molecule has 1 amide bonds. The van der Waals surface area contributed by atoms with E-state index >= 15 is 0 Å². The van der Waals surface area contributed by atoms with E-state index < -0.39 is 23.9 Å². The molecule has 0 atom stereocenters. The van der Waals surface area contributed by atoms with Gasteiger partial charge in [0, 0.05) is 13.0 Å². The highest BCUT2D eigenvalue weighted by Gasteiger charge is 2.43. The van der Waals surface area contributed by atoms with Gasteiger partial charge in [0.25, 0.3) is 0 Å². The van der Waals surface area contributed by atoms with Crippen LogP contribution in [-0.2, 0) is 4.79 Å². The van der Waals surface area contributed by atoms with E-state index in [0.717, 1.165) is 19.3 Å². The summed E-state index contributed by atoms with van der Waals surface area (Å²) in [5.41, 5.74) is 4.54. The van der Waals surface area contributed by atoms with Crippen molar-refractivity contribution >= 4 is 11.7 Å². The molecule has 0 spiro atoms. The number of carbonyl (C=O) groups excluding carboxylic acids is 1. The summed E-state index contributed by atoms with van der Waals surface area (Å²) in [6.45, 7) is -0.0706. The molecule has 0 aromatic carbocycles. The molecule has 8 heteroatoms. The number of hydrogen-bond donors (Lipinski definition) is 3. The SMILES string of the molecule is NC(=NO)C1(C(=O)NCCCC(F)(F)F)CCCCC1. The Hall–Kier alpha value is -1.47. The number of carbonyl (C=O) groups is 1. The normalized spacial score (nSPS) is 19.6. The zero-order chi connectivity index (χ0) is 15.2. The molecule has 4 N–H and O–H groups in total. The number of alkyl halides is 3. The highest BCUT2D eigenvalue weighted by molar-refractivity contribution is 6.06. The molecular formula is C12H20F3N3O2. The smallest absolute Gasteiger partial charge is 0.389 e. The van der Waals surface area contributed by atoms with Gasteiger partial charge < -0.3 is 16.3 Å². The van der Waals surface area contributed by atoms with Crippen LogP contribution >= 0.6 is 0 Å². The molecule has 1 aliphatic rings. The molecule has 116 valence electrons. The van der Waals surface area contributed by atoms with Crippen LogP contribution in [0.1, 0.15) is 44.9 Å². The Labute approximate surface area is 115 Å². The highest BCUT2D eigenvalue weighted by Crippen LogP contribution is 2.36. The molecule has 1 aliphatic carbocycles. The first-order valence-corrected chi connectivity index (χ1v) is 6.65. The Morgan fingerprint density at radius 1 is 1.30 bits per heavy atom. The van der Waals surface area contributed by atoms with E-state index in [-0.39, 0.29) is 18.8 Å². The number of hydrogen-bond acceptors (Lipinski definition) is 3. The lowest BCUT2D eigenvalue weighted by Crippen LogP contribution is -2.51. The van der Waals surface area contributed by atoms with Crippen molar-refractivity contribution in [2.24, 2.45) is 16.3 Å². The summed E-state index contributed by atoms with van der Waals surface area (Å²) in [4.78, 5) is 12.2. The van der Waals surface area contributed by atoms with E-state index in [4.69, 9.17) is 10.9 Å². The second-order valence-electron chi connectivity index (χ2n) is 5.10. The summed E-state index contributed by atoms with van der Waals surface area (Å²) in [5.74, 6) is -0.611. The van der Waals surface area contributed by atoms with Gasteiger partial charge in [-0.25, -0.2) is 0 Å². The number of nitrogens with one attached hydrogen (secondary N) is 1. The first-order valence-electron chi connectivity index (χ1n) is 6.65. The van der Waals surface area contributed by atoms with Crippen molar-refractivity contribution in [3.05, 3.63) is 0 Å². The maximum atomic E-state index is 12.2. The van der Waals surface area contributed by atoms with Crippen molar-refractivity contribution in [3.63, 3.8) is 0 Å². The van der Waals surface area contributed by atoms with Gasteiger partial charge in [-0.1, -0.05) is 24.4 Å². The minimum Gasteiger partial charge on any atom is -0.409 e. The van der Waals surface area contributed by atoms with Gasteiger partial charge in [0.05, 0.1) is 0 Å². The predicted octanol–water partition coefficient (Wildman–Crippen LogP) is 2.14. The molecule has 20 heavy (non-hydrogen) atoms. The molecule has 5 nitrogen and oxygen atoms in total. The van der Waals surface area contributed by atoms with E-state index in [1.54, 1.807) is 0 Å². The van der Waals surface area contributed by atoms with Crippen molar-refractivity contribution < 1.29 is 23.2 Å². The number of nitrogens with zero attached hydrogens (tertiary/aromatic N) is 1. The van der Waals surface area contributed by atoms with Crippen molar-refractivity contribution in [3.8, 4) is 0 Å². The molecule has 0 saturated heterocycles. The third-order valence-electron chi connectivity index (χ3n) is 3.66. The van der Waals surface area contributed by atoms with Crippen molar-refractivity contribution in [2.75, 3.05) is 6.54 Å². The van der Waals surface area contributed by atoms with Crippen molar-refractivity contribution in [1.82, 2.24) is 5.32 Å². The zero-order valence-electron chi connectivity index (χ0n) is 11.2. The van der Waals surface area contributed by atoms with Gasteiger partial charge in [-0.05, 0) is 19.3 Å². The average Bonchev–Trinajstić information content (AvgIpc) is 2.42. The molecular weight excluding hydrogens is 275 g/mol. The summed E-state index contributed by atoms with van der Waals surface area (Å²) in [6.07, 6.45) is -1.94. The third-order valence-corrected chi connectivity index (χ3v) is 3.66. The van der Waals surface area contributed by atoms with E-state index in [1.165, 1.54) is 0 Å². The molecule has 0 heterocycles. The number of amides is 1. The lowest BCUT2D eigenvalue weighted by atomic mass is 9.72. The van der Waals surface area contributed by atoms with Crippen LogP contribution in [0.4, 0.5) is 13.2 Å². The van der Waals surface area contributed by atoms with Crippen LogP contribution in [-0.4, -0.2) is 29.7 Å². The molecule has 0 aliphatic heterocycles. The fraction of sp³-hybridized carbons (Fsp3) is 0.833. The quantitative estimate of drug-likeness (QED) is 0.239. The molecule has 0 radical (unpaired) electrons. The lowest BCUT2D eigenvalue weighted by Gasteiger charge is -2.34. The Balaban J connectivity index is 2.57. The van der Waals surface area contributed by atoms with Crippen molar-refractivity contribution in [2.45, 2.75) is 51.1 Å². The molecule has 0 bridgehead atoms. The van der Waals surface area contributed by atoms with Crippen LogP contribution < -0.4 is 11.1 Å². The zero-order valence-corrected chi connectivity index (χ0v) is 11.2. The second-order valence-corrected chi connectivity index (χ2v) is 5.10. The molecule has 0 aromatic rings. The monoisotopic (exact) mass is 295 g/mol. The summed E-state index contributed by atoms with van der Waals surface area (Å²) in [7, 11) is 0. The number of halogens is 3. The first kappa shape index (κ1) is 16.6. The standard InChI is InChI=1S/C12H20F3N3O2/c13-12(14,15)7-4-8-17-10(19)11(9(16)18-20)5-2-1-3-6-11/h20H,1-8H2,(H2,16,18)(H,17,19). The molecule has 1 saturated carbocycles. The largest absolute Gasteiger partial charge is 0.409 e. The molecule has 0 aromatic heterocycles. The lowest BCUT2D eigenvalue weighted by molar-refractivity contribution is -0.137. The highest BCUT2D eigenvalue weighted by atomic mass is 19.4. The third kappa shape index (κ3) is 4.28. The van der Waals surface area contributed by atoms with E-state index in [0.29, 0.717) is 12.8 Å². The van der Waals surface area contributed by atoms with Crippen LogP contribution in [0.3, 0.4) is 0 Å². The molecule has 1 fully saturated rings. The van der Waals surface area contributed by atoms with Crippen LogP contribution in [0, 0.1) is 5.41 Å². The van der Waals surface area contributed by atoms with Crippen LogP contribution in [0.2, 0.25) is 0 Å². The minimum absolute atomic E-state index is 0.0706. The van der Waals surface area contributed by atoms with Crippen LogP contribution in [0.25, 0.3) is 0 Å². The maximum absolute atomic E-state index is 12.2.